The Kier molecular flexibility index (Phi) is 4.83. The minimum absolute atomic E-state index is 0.265. The fourth-order valence-corrected chi connectivity index (χ4v) is 3.06. The van der Waals surface area contributed by atoms with Crippen molar-refractivity contribution in [2.45, 2.75) is 54.6 Å². The molecule has 5 nitrogen and oxygen atoms in total. The molecule has 0 saturated heterocycles. The summed E-state index contributed by atoms with van der Waals surface area (Å²) >= 11 is 0. The molecule has 2 atom stereocenters. The number of nitrogens with one attached hydrogen (secondary N) is 1. The maximum Gasteiger partial charge on any atom is 0.242 e. The second kappa shape index (κ2) is 6.38. The van der Waals surface area contributed by atoms with Crippen LogP contribution in [0.25, 0.3) is 0 Å². The third-order valence-electron chi connectivity index (χ3n) is 4.75. The molecule has 0 aliphatic carbocycles. The van der Waals surface area contributed by atoms with Crippen molar-refractivity contribution in [1.29, 1.82) is 0 Å². The predicted molar refractivity (Wildman–Crippen MR) is 93.8 cm³/mol. The van der Waals surface area contributed by atoms with E-state index in [1.807, 2.05) is 20.8 Å². The number of rotatable bonds is 3. The molecule has 0 unspecified atom stereocenters. The number of carbonyl (C=O) groups is 2. The molecular weight excluding hydrogens is 304 g/mol. The average Bonchev–Trinajstić information content (AvgIpc) is 2.76. The molecule has 2 amide bonds. The molecule has 24 heavy (non-hydrogen) atoms. The van der Waals surface area contributed by atoms with Crippen LogP contribution in [0.1, 0.15) is 49.9 Å². The first-order valence-electron chi connectivity index (χ1n) is 8.26. The molecule has 1 aromatic rings. The normalized spacial score (nSPS) is 23.0. The van der Waals surface area contributed by atoms with Gasteiger partial charge in [-0.05, 0) is 45.7 Å². The monoisotopic (exact) mass is 330 g/mol. The van der Waals surface area contributed by atoms with Crippen LogP contribution in [-0.2, 0) is 14.4 Å². The molecule has 1 heterocycles. The van der Waals surface area contributed by atoms with Crippen LogP contribution >= 0.6 is 0 Å². The lowest BCUT2D eigenvalue weighted by molar-refractivity contribution is -0.138. The number of oxime groups is 1. The topological polar surface area (TPSA) is 67.8 Å². The van der Waals surface area contributed by atoms with Crippen molar-refractivity contribution in [3.8, 4) is 0 Å². The summed E-state index contributed by atoms with van der Waals surface area (Å²) in [4.78, 5) is 30.3. The zero-order chi connectivity index (χ0) is 18.2. The molecule has 1 N–H and O–H groups in total. The van der Waals surface area contributed by atoms with Crippen LogP contribution in [0.15, 0.2) is 17.3 Å². The van der Waals surface area contributed by atoms with Crippen LogP contribution in [0.3, 0.4) is 0 Å². The van der Waals surface area contributed by atoms with Gasteiger partial charge in [-0.2, -0.15) is 0 Å². The Hall–Kier alpha value is -2.17. The van der Waals surface area contributed by atoms with Gasteiger partial charge in [0.2, 0.25) is 11.8 Å². The van der Waals surface area contributed by atoms with E-state index in [4.69, 9.17) is 4.84 Å². The van der Waals surface area contributed by atoms with Gasteiger partial charge in [-0.25, -0.2) is 0 Å². The molecule has 2 rings (SSSR count). The smallest absolute Gasteiger partial charge is 0.242 e. The van der Waals surface area contributed by atoms with E-state index in [0.717, 1.165) is 22.3 Å². The Labute approximate surface area is 143 Å². The standard InChI is InChI=1S/C19H26N2O3/c1-10(2)17(22)20-18(23)19(7)14(6)24-21-16(19)15-12(4)8-11(3)9-13(15)5/h8-10,14H,1-7H3,(H,20,22,23)/t14-,19-/m1/s1. The van der Waals surface area contributed by atoms with Crippen LogP contribution in [0, 0.1) is 32.1 Å². The molecule has 0 fully saturated rings. The first-order valence-corrected chi connectivity index (χ1v) is 8.26. The molecule has 0 aromatic heterocycles. The minimum Gasteiger partial charge on any atom is -0.391 e. The predicted octanol–water partition coefficient (Wildman–Crippen LogP) is 3.04. The molecule has 0 bridgehead atoms. The lowest BCUT2D eigenvalue weighted by Gasteiger charge is -2.28. The van der Waals surface area contributed by atoms with Gasteiger partial charge in [-0.3, -0.25) is 14.9 Å². The molecule has 0 radical (unpaired) electrons. The number of aryl methyl sites for hydroxylation is 3. The van der Waals surface area contributed by atoms with E-state index in [-0.39, 0.29) is 17.7 Å². The van der Waals surface area contributed by atoms with Gasteiger partial charge in [0, 0.05) is 11.5 Å². The summed E-state index contributed by atoms with van der Waals surface area (Å²) in [7, 11) is 0. The van der Waals surface area contributed by atoms with E-state index in [2.05, 4.69) is 22.6 Å². The third-order valence-corrected chi connectivity index (χ3v) is 4.75. The summed E-state index contributed by atoms with van der Waals surface area (Å²) in [5.41, 5.74) is 3.72. The van der Waals surface area contributed by atoms with Crippen molar-refractivity contribution in [2.24, 2.45) is 16.5 Å². The Morgan fingerprint density at radius 2 is 1.75 bits per heavy atom. The number of hydrogen-bond acceptors (Lipinski definition) is 4. The molecule has 1 aromatic carbocycles. The largest absolute Gasteiger partial charge is 0.391 e. The Balaban J connectivity index is 2.48. The van der Waals surface area contributed by atoms with Gasteiger partial charge >= 0.3 is 0 Å². The van der Waals surface area contributed by atoms with Crippen molar-refractivity contribution in [3.05, 3.63) is 34.4 Å². The van der Waals surface area contributed by atoms with Crippen LogP contribution in [0.2, 0.25) is 0 Å². The van der Waals surface area contributed by atoms with Crippen molar-refractivity contribution in [3.63, 3.8) is 0 Å². The lowest BCUT2D eigenvalue weighted by atomic mass is 9.75. The van der Waals surface area contributed by atoms with Gasteiger partial charge in [0.15, 0.2) is 0 Å². The Morgan fingerprint density at radius 3 is 2.25 bits per heavy atom. The second-order valence-electron chi connectivity index (χ2n) is 7.14. The number of amides is 2. The number of carbonyl (C=O) groups excluding carboxylic acids is 2. The molecule has 0 saturated carbocycles. The number of nitrogens with zero attached hydrogens (tertiary/aromatic N) is 1. The molecule has 5 heteroatoms. The fraction of sp³-hybridized carbons (Fsp3) is 0.526. The van der Waals surface area contributed by atoms with Crippen LogP contribution in [-0.4, -0.2) is 23.6 Å². The zero-order valence-corrected chi connectivity index (χ0v) is 15.5. The first kappa shape index (κ1) is 18.2. The van der Waals surface area contributed by atoms with Crippen molar-refractivity contribution < 1.29 is 14.4 Å². The first-order chi connectivity index (χ1) is 11.1. The summed E-state index contributed by atoms with van der Waals surface area (Å²) in [5.74, 6) is -0.931. The molecule has 0 spiro atoms. The number of imide groups is 1. The van der Waals surface area contributed by atoms with Gasteiger partial charge < -0.3 is 4.84 Å². The van der Waals surface area contributed by atoms with Crippen molar-refractivity contribution in [1.82, 2.24) is 5.32 Å². The van der Waals surface area contributed by atoms with E-state index in [0.29, 0.717) is 5.71 Å². The van der Waals surface area contributed by atoms with Gasteiger partial charge in [0.05, 0.1) is 0 Å². The van der Waals surface area contributed by atoms with Gasteiger partial charge in [0.25, 0.3) is 0 Å². The SMILES string of the molecule is Cc1cc(C)c(C2=NO[C@H](C)[C@@]2(C)C(=O)NC(=O)C(C)C)c(C)c1. The van der Waals surface area contributed by atoms with Crippen LogP contribution in [0.4, 0.5) is 0 Å². The van der Waals surface area contributed by atoms with E-state index < -0.39 is 11.5 Å². The quantitative estimate of drug-likeness (QED) is 0.926. The molecule has 130 valence electrons. The van der Waals surface area contributed by atoms with Gasteiger partial charge in [-0.1, -0.05) is 36.7 Å². The number of benzene rings is 1. The maximum atomic E-state index is 12.9. The van der Waals surface area contributed by atoms with E-state index in [1.165, 1.54) is 0 Å². The summed E-state index contributed by atoms with van der Waals surface area (Å²) in [6.45, 7) is 13.1. The van der Waals surface area contributed by atoms with Crippen molar-refractivity contribution in [2.75, 3.05) is 0 Å². The van der Waals surface area contributed by atoms with Gasteiger partial charge in [0.1, 0.15) is 17.2 Å². The third kappa shape index (κ3) is 2.95. The number of hydrogen-bond donors (Lipinski definition) is 1. The molecular formula is C19H26N2O3. The van der Waals surface area contributed by atoms with Gasteiger partial charge in [-0.15, -0.1) is 0 Å². The highest BCUT2D eigenvalue weighted by atomic mass is 16.6. The highest BCUT2D eigenvalue weighted by Crippen LogP contribution is 2.37. The average molecular weight is 330 g/mol. The van der Waals surface area contributed by atoms with Crippen LogP contribution in [0.5, 0.6) is 0 Å². The summed E-state index contributed by atoms with van der Waals surface area (Å²) < 4.78 is 0. The Morgan fingerprint density at radius 1 is 1.21 bits per heavy atom. The summed E-state index contributed by atoms with van der Waals surface area (Å²) in [6, 6.07) is 4.12. The zero-order valence-electron chi connectivity index (χ0n) is 15.5. The lowest BCUT2D eigenvalue weighted by Crippen LogP contribution is -2.51. The maximum absolute atomic E-state index is 12.9. The molecule has 1 aliphatic rings. The minimum atomic E-state index is -1.02. The van der Waals surface area contributed by atoms with E-state index >= 15 is 0 Å². The fourth-order valence-electron chi connectivity index (χ4n) is 3.06. The highest BCUT2D eigenvalue weighted by molar-refractivity contribution is 6.20. The second-order valence-corrected chi connectivity index (χ2v) is 7.14. The van der Waals surface area contributed by atoms with Crippen LogP contribution < -0.4 is 5.32 Å². The van der Waals surface area contributed by atoms with E-state index in [9.17, 15) is 9.59 Å². The van der Waals surface area contributed by atoms with E-state index in [1.54, 1.807) is 27.7 Å². The Bertz CT molecular complexity index is 698. The highest BCUT2D eigenvalue weighted by Gasteiger charge is 2.51. The summed E-state index contributed by atoms with van der Waals surface area (Å²) in [6.07, 6.45) is -0.451. The van der Waals surface area contributed by atoms with Crippen molar-refractivity contribution >= 4 is 17.5 Å². The summed E-state index contributed by atoms with van der Waals surface area (Å²) in [5, 5.41) is 6.71. The molecule has 1 aliphatic heterocycles.